The van der Waals surface area contributed by atoms with Crippen LogP contribution in [-0.2, 0) is 33.3 Å². The number of ether oxygens (including phenoxy) is 4. The number of amides is 2. The van der Waals surface area contributed by atoms with Gasteiger partial charge in [-0.3, -0.25) is 14.4 Å². The van der Waals surface area contributed by atoms with Crippen molar-refractivity contribution in [3.05, 3.63) is 58.6 Å². The van der Waals surface area contributed by atoms with Gasteiger partial charge in [0, 0.05) is 37.4 Å². The molecule has 2 bridgehead atoms. The highest BCUT2D eigenvalue weighted by molar-refractivity contribution is 6.23. The molecule has 1 aliphatic heterocycles. The lowest BCUT2D eigenvalue weighted by molar-refractivity contribution is -0.120. The monoisotopic (exact) mass is 560 g/mol. The molecule has 11 heteroatoms. The SMILES string of the molecule is COC1=C2C[C@H](C)C[C@H](OC)C(O)C(C)/C=C(\C)[C@H](OC(N)=O)[C@@H](OC)/C=C\C=C(/C)C(=O)NC(=CC1=O)C2=O. The number of fused-ring (bicyclic) bond motifs is 2. The summed E-state index contributed by atoms with van der Waals surface area (Å²) in [5.41, 5.74) is 6.12. The number of carbonyl (C=O) groups excluding carboxylic acids is 4. The molecule has 4 N–H and O–H groups in total. The molecule has 2 aliphatic rings. The molecule has 0 saturated heterocycles. The molecule has 2 amide bonds. The summed E-state index contributed by atoms with van der Waals surface area (Å²) in [6, 6.07) is 0. The highest BCUT2D eigenvalue weighted by atomic mass is 16.6. The highest BCUT2D eigenvalue weighted by Gasteiger charge is 2.34. The molecule has 0 fully saturated rings. The molecule has 1 heterocycles. The minimum absolute atomic E-state index is 0.0801. The van der Waals surface area contributed by atoms with Crippen molar-refractivity contribution < 1.29 is 43.2 Å². The second-order valence-corrected chi connectivity index (χ2v) is 10.1. The number of ketones is 2. The van der Waals surface area contributed by atoms with Crippen molar-refractivity contribution in [1.82, 2.24) is 5.32 Å². The molecule has 0 aromatic heterocycles. The first kappa shape index (κ1) is 32.7. The fourth-order valence-corrected chi connectivity index (χ4v) is 4.78. The minimum atomic E-state index is -1.00. The van der Waals surface area contributed by atoms with Crippen molar-refractivity contribution in [3.63, 3.8) is 0 Å². The van der Waals surface area contributed by atoms with Gasteiger partial charge in [0.05, 0.1) is 25.0 Å². The van der Waals surface area contributed by atoms with E-state index in [0.29, 0.717) is 12.0 Å². The fourth-order valence-electron chi connectivity index (χ4n) is 4.78. The van der Waals surface area contributed by atoms with Gasteiger partial charge in [-0.15, -0.1) is 0 Å². The molecule has 220 valence electrons. The molecule has 2 rings (SSSR count). The Morgan fingerprint density at radius 1 is 1.10 bits per heavy atom. The standard InChI is InChI=1S/C29H40N2O9/c1-15-11-19-25(34)20(14-21(32)27(19)39-7)31-28(35)16(2)9-8-10-22(37-5)26(40-29(30)36)18(4)13-17(3)24(33)23(12-15)38-6/h8-10,13-15,17,22-24,26,33H,11-12H2,1-7H3,(H2,30,36)(H,31,35)/b10-8-,16-9+,18-13+/t15-,17?,22-,23-,24?,26-/m0/s1. The maximum absolute atomic E-state index is 13.3. The van der Waals surface area contributed by atoms with E-state index in [-0.39, 0.29) is 34.9 Å². The van der Waals surface area contributed by atoms with E-state index in [1.165, 1.54) is 34.3 Å². The van der Waals surface area contributed by atoms with E-state index in [1.807, 2.05) is 6.92 Å². The smallest absolute Gasteiger partial charge is 0.405 e. The highest BCUT2D eigenvalue weighted by Crippen LogP contribution is 2.29. The Morgan fingerprint density at radius 3 is 2.35 bits per heavy atom. The Kier molecular flexibility index (Phi) is 12.0. The van der Waals surface area contributed by atoms with Crippen LogP contribution in [0.4, 0.5) is 4.79 Å². The molecule has 0 radical (unpaired) electrons. The van der Waals surface area contributed by atoms with Crippen molar-refractivity contribution in [2.24, 2.45) is 17.6 Å². The van der Waals surface area contributed by atoms with E-state index in [9.17, 15) is 24.3 Å². The van der Waals surface area contributed by atoms with Crippen molar-refractivity contribution in [2.75, 3.05) is 21.3 Å². The zero-order chi connectivity index (χ0) is 30.1. The van der Waals surface area contributed by atoms with Crippen LogP contribution in [-0.4, -0.2) is 74.4 Å². The van der Waals surface area contributed by atoms with Gasteiger partial charge in [-0.05, 0) is 38.2 Å². The molecule has 0 aromatic rings. The molecule has 1 aliphatic carbocycles. The molecular formula is C29H40N2O9. The predicted molar refractivity (Wildman–Crippen MR) is 147 cm³/mol. The zero-order valence-electron chi connectivity index (χ0n) is 24.1. The van der Waals surface area contributed by atoms with Crippen LogP contribution in [0.1, 0.15) is 40.5 Å². The molecule has 6 atom stereocenters. The van der Waals surface area contributed by atoms with Crippen LogP contribution < -0.4 is 11.1 Å². The summed E-state index contributed by atoms with van der Waals surface area (Å²) < 4.78 is 21.7. The van der Waals surface area contributed by atoms with E-state index in [0.717, 1.165) is 6.08 Å². The lowest BCUT2D eigenvalue weighted by Gasteiger charge is -2.29. The lowest BCUT2D eigenvalue weighted by Crippen LogP contribution is -2.37. The lowest BCUT2D eigenvalue weighted by atomic mass is 9.85. The van der Waals surface area contributed by atoms with Crippen LogP contribution in [0, 0.1) is 11.8 Å². The van der Waals surface area contributed by atoms with Gasteiger partial charge in [0.2, 0.25) is 11.6 Å². The van der Waals surface area contributed by atoms with Gasteiger partial charge < -0.3 is 35.1 Å². The molecule has 40 heavy (non-hydrogen) atoms. The van der Waals surface area contributed by atoms with Crippen LogP contribution in [0.2, 0.25) is 0 Å². The van der Waals surface area contributed by atoms with Crippen molar-refractivity contribution in [2.45, 2.75) is 65.0 Å². The number of aliphatic hydroxyl groups excluding tert-OH is 1. The van der Waals surface area contributed by atoms with Crippen molar-refractivity contribution >= 4 is 23.6 Å². The second kappa shape index (κ2) is 14.7. The molecular weight excluding hydrogens is 520 g/mol. The van der Waals surface area contributed by atoms with Crippen molar-refractivity contribution in [1.29, 1.82) is 0 Å². The third-order valence-electron chi connectivity index (χ3n) is 6.95. The summed E-state index contributed by atoms with van der Waals surface area (Å²) >= 11 is 0. The van der Waals surface area contributed by atoms with E-state index >= 15 is 0 Å². The zero-order valence-corrected chi connectivity index (χ0v) is 24.1. The first-order chi connectivity index (χ1) is 18.8. The number of aliphatic hydroxyl groups is 1. The van der Waals surface area contributed by atoms with Crippen LogP contribution in [0.15, 0.2) is 58.6 Å². The average molecular weight is 561 g/mol. The molecule has 0 aromatic carbocycles. The third-order valence-corrected chi connectivity index (χ3v) is 6.95. The fraction of sp³-hybridized carbons (Fsp3) is 0.517. The van der Waals surface area contributed by atoms with E-state index < -0.39 is 53.9 Å². The van der Waals surface area contributed by atoms with E-state index in [2.05, 4.69) is 5.32 Å². The first-order valence-electron chi connectivity index (χ1n) is 13.0. The molecule has 0 spiro atoms. The Bertz CT molecular complexity index is 1150. The van der Waals surface area contributed by atoms with Crippen LogP contribution in [0.25, 0.3) is 0 Å². The summed E-state index contributed by atoms with van der Waals surface area (Å²) in [6.07, 6.45) is 3.61. The van der Waals surface area contributed by atoms with Gasteiger partial charge in [-0.1, -0.05) is 38.2 Å². The molecule has 0 saturated carbocycles. The Balaban J connectivity index is 2.60. The summed E-state index contributed by atoms with van der Waals surface area (Å²) in [5.74, 6) is -2.39. The maximum atomic E-state index is 13.3. The Morgan fingerprint density at radius 2 is 1.77 bits per heavy atom. The van der Waals surface area contributed by atoms with Crippen LogP contribution in [0.5, 0.6) is 0 Å². The summed E-state index contributed by atoms with van der Waals surface area (Å²) in [7, 11) is 4.21. The second-order valence-electron chi connectivity index (χ2n) is 10.1. The van der Waals surface area contributed by atoms with Crippen LogP contribution >= 0.6 is 0 Å². The van der Waals surface area contributed by atoms with Gasteiger partial charge in [0.15, 0.2) is 11.9 Å². The third kappa shape index (κ3) is 8.23. The first-order valence-corrected chi connectivity index (χ1v) is 13.0. The number of primary amides is 1. The normalized spacial score (nSPS) is 32.7. The van der Waals surface area contributed by atoms with Gasteiger partial charge in [0.25, 0.3) is 5.91 Å². The number of nitrogens with one attached hydrogen (secondary N) is 1. The van der Waals surface area contributed by atoms with E-state index in [4.69, 9.17) is 24.7 Å². The minimum Gasteiger partial charge on any atom is -0.492 e. The number of hydrogen-bond donors (Lipinski definition) is 3. The average Bonchev–Trinajstić information content (AvgIpc) is 2.90. The molecule has 2 unspecified atom stereocenters. The number of nitrogens with two attached hydrogens (primary N) is 1. The van der Waals surface area contributed by atoms with Gasteiger partial charge in [-0.25, -0.2) is 4.79 Å². The predicted octanol–water partition coefficient (Wildman–Crippen LogP) is 2.41. The topological polar surface area (TPSA) is 163 Å². The van der Waals surface area contributed by atoms with E-state index in [1.54, 1.807) is 32.1 Å². The summed E-state index contributed by atoms with van der Waals surface area (Å²) in [6.45, 7) is 6.92. The van der Waals surface area contributed by atoms with Crippen LogP contribution in [0.3, 0.4) is 0 Å². The summed E-state index contributed by atoms with van der Waals surface area (Å²) in [5, 5.41) is 13.7. The van der Waals surface area contributed by atoms with Crippen molar-refractivity contribution in [3.8, 4) is 0 Å². The quantitative estimate of drug-likeness (QED) is 0.346. The Labute approximate surface area is 234 Å². The van der Waals surface area contributed by atoms with Gasteiger partial charge in [-0.2, -0.15) is 0 Å². The number of rotatable bonds is 4. The summed E-state index contributed by atoms with van der Waals surface area (Å²) in [4.78, 5) is 50.6. The van der Waals surface area contributed by atoms with Gasteiger partial charge in [0.1, 0.15) is 6.10 Å². The molecule has 11 nitrogen and oxygen atoms in total. The maximum Gasteiger partial charge on any atom is 0.405 e. The number of carbonyl (C=O) groups is 4. The Hall–Kier alpha value is -3.54. The number of hydrogen-bond acceptors (Lipinski definition) is 9. The largest absolute Gasteiger partial charge is 0.492 e. The number of methoxy groups -OCH3 is 3. The number of allylic oxidation sites excluding steroid dienone is 4. The number of Topliss-reactive ketones (excluding diaryl/α,β-unsaturated/α-hetero) is 1. The van der Waals surface area contributed by atoms with Gasteiger partial charge >= 0.3 is 6.09 Å².